The molecule has 22 heavy (non-hydrogen) atoms. The van der Waals surface area contributed by atoms with Gasteiger partial charge < -0.3 is 20.7 Å². The molecule has 1 amide bonds. The first-order valence-corrected chi connectivity index (χ1v) is 7.12. The van der Waals surface area contributed by atoms with Crippen LogP contribution in [-0.2, 0) is 9.53 Å². The lowest BCUT2D eigenvalue weighted by molar-refractivity contribution is -0.115. The van der Waals surface area contributed by atoms with Crippen LogP contribution >= 0.6 is 36.4 Å². The first-order valence-electron chi connectivity index (χ1n) is 6.74. The second-order valence-corrected chi connectivity index (χ2v) is 5.26. The number of anilines is 2. The van der Waals surface area contributed by atoms with Gasteiger partial charge in [-0.25, -0.2) is 0 Å². The van der Waals surface area contributed by atoms with Gasteiger partial charge in [-0.2, -0.15) is 0 Å². The van der Waals surface area contributed by atoms with Crippen LogP contribution in [0, 0.1) is 0 Å². The van der Waals surface area contributed by atoms with E-state index in [1.165, 1.54) is 12.8 Å². The van der Waals surface area contributed by atoms with Crippen LogP contribution in [0.1, 0.15) is 12.8 Å². The molecule has 126 valence electrons. The van der Waals surface area contributed by atoms with Crippen LogP contribution in [0.3, 0.4) is 0 Å². The number of carbonyl (C=O) groups excluding carboxylic acids is 1. The summed E-state index contributed by atoms with van der Waals surface area (Å²) < 4.78 is 4.91. The van der Waals surface area contributed by atoms with Gasteiger partial charge in [0.1, 0.15) is 0 Å². The second kappa shape index (κ2) is 10.9. The predicted molar refractivity (Wildman–Crippen MR) is 96.0 cm³/mol. The van der Waals surface area contributed by atoms with Gasteiger partial charge in [0.05, 0.1) is 24.5 Å². The van der Waals surface area contributed by atoms with E-state index in [2.05, 4.69) is 16.0 Å². The Morgan fingerprint density at radius 1 is 1.32 bits per heavy atom. The van der Waals surface area contributed by atoms with Crippen LogP contribution in [0.15, 0.2) is 18.2 Å². The number of amides is 1. The van der Waals surface area contributed by atoms with E-state index in [0.717, 1.165) is 11.4 Å². The van der Waals surface area contributed by atoms with Crippen LogP contribution in [0.5, 0.6) is 0 Å². The first-order chi connectivity index (χ1) is 9.69. The minimum Gasteiger partial charge on any atom is -0.383 e. The number of nitrogens with one attached hydrogen (secondary N) is 3. The number of hydrogen-bond donors (Lipinski definition) is 3. The summed E-state index contributed by atoms with van der Waals surface area (Å²) in [7, 11) is 1.63. The van der Waals surface area contributed by atoms with Crippen molar-refractivity contribution in [1.82, 2.24) is 5.32 Å². The number of halogens is 3. The molecule has 5 nitrogen and oxygen atoms in total. The lowest BCUT2D eigenvalue weighted by atomic mass is 10.2. The third-order valence-corrected chi connectivity index (χ3v) is 3.20. The Morgan fingerprint density at radius 2 is 2.05 bits per heavy atom. The van der Waals surface area contributed by atoms with Crippen molar-refractivity contribution < 1.29 is 9.53 Å². The average molecular weight is 371 g/mol. The zero-order chi connectivity index (χ0) is 14.4. The Morgan fingerprint density at radius 3 is 2.68 bits per heavy atom. The Labute approximate surface area is 148 Å². The highest BCUT2D eigenvalue weighted by Crippen LogP contribution is 2.31. The van der Waals surface area contributed by atoms with Gasteiger partial charge in [0, 0.05) is 24.7 Å². The quantitative estimate of drug-likeness (QED) is 0.616. The van der Waals surface area contributed by atoms with Gasteiger partial charge in [-0.1, -0.05) is 11.6 Å². The van der Waals surface area contributed by atoms with E-state index in [9.17, 15) is 4.79 Å². The molecule has 0 heterocycles. The maximum atomic E-state index is 11.9. The molecule has 0 aromatic heterocycles. The molecule has 0 bridgehead atoms. The topological polar surface area (TPSA) is 62.4 Å². The number of hydrogen-bond acceptors (Lipinski definition) is 4. The van der Waals surface area contributed by atoms with Crippen LogP contribution in [0.25, 0.3) is 0 Å². The number of benzene rings is 1. The molecule has 0 aliphatic heterocycles. The zero-order valence-electron chi connectivity index (χ0n) is 12.4. The van der Waals surface area contributed by atoms with E-state index in [0.29, 0.717) is 24.2 Å². The monoisotopic (exact) mass is 369 g/mol. The van der Waals surface area contributed by atoms with Crippen molar-refractivity contribution in [2.75, 3.05) is 37.4 Å². The zero-order valence-corrected chi connectivity index (χ0v) is 14.7. The molecule has 0 atom stereocenters. The molecular weight excluding hydrogens is 349 g/mol. The second-order valence-electron chi connectivity index (χ2n) is 4.83. The number of methoxy groups -OCH3 is 1. The minimum absolute atomic E-state index is 0. The van der Waals surface area contributed by atoms with Crippen molar-refractivity contribution in [2.45, 2.75) is 18.9 Å². The summed E-state index contributed by atoms with van der Waals surface area (Å²) in [5, 5.41) is 9.86. The molecule has 1 saturated carbocycles. The average Bonchev–Trinajstić information content (AvgIpc) is 3.22. The standard InChI is InChI=1S/C14H20ClN3O2.2ClH/c1-20-7-6-16-9-14(19)18-13-8-10(15)2-5-12(13)17-11-3-4-11;;/h2,5,8,11,16-17H,3-4,6-7,9H2,1H3,(H,18,19);2*1H. The summed E-state index contributed by atoms with van der Waals surface area (Å²) in [5.74, 6) is -0.0952. The van der Waals surface area contributed by atoms with Crippen molar-refractivity contribution in [3.8, 4) is 0 Å². The lowest BCUT2D eigenvalue weighted by Crippen LogP contribution is -2.30. The summed E-state index contributed by atoms with van der Waals surface area (Å²) >= 11 is 5.99. The first kappa shape index (κ1) is 21.3. The Balaban J connectivity index is 0.00000220. The summed E-state index contributed by atoms with van der Waals surface area (Å²) in [6, 6.07) is 6.00. The maximum absolute atomic E-state index is 11.9. The minimum atomic E-state index is -0.0952. The van der Waals surface area contributed by atoms with E-state index >= 15 is 0 Å². The summed E-state index contributed by atoms with van der Waals surface area (Å²) in [6.45, 7) is 1.48. The Kier molecular flexibility index (Phi) is 10.6. The van der Waals surface area contributed by atoms with Gasteiger partial charge in [0.25, 0.3) is 0 Å². The molecule has 2 rings (SSSR count). The van der Waals surface area contributed by atoms with Crippen molar-refractivity contribution in [3.05, 3.63) is 23.2 Å². The van der Waals surface area contributed by atoms with Crippen LogP contribution < -0.4 is 16.0 Å². The molecule has 1 aromatic rings. The largest absolute Gasteiger partial charge is 0.383 e. The van der Waals surface area contributed by atoms with Crippen molar-refractivity contribution >= 4 is 53.7 Å². The van der Waals surface area contributed by atoms with Crippen LogP contribution in [0.4, 0.5) is 11.4 Å². The molecule has 1 fully saturated rings. The van der Waals surface area contributed by atoms with Gasteiger partial charge in [-0.15, -0.1) is 24.8 Å². The molecule has 8 heteroatoms. The van der Waals surface area contributed by atoms with Gasteiger partial charge in [0.2, 0.25) is 5.91 Å². The fourth-order valence-electron chi connectivity index (χ4n) is 1.76. The van der Waals surface area contributed by atoms with Crippen molar-refractivity contribution in [1.29, 1.82) is 0 Å². The van der Waals surface area contributed by atoms with Crippen LogP contribution in [0.2, 0.25) is 5.02 Å². The SMILES string of the molecule is COCCNCC(=O)Nc1cc(Cl)ccc1NC1CC1.Cl.Cl. The molecule has 0 spiro atoms. The molecule has 0 radical (unpaired) electrons. The Bertz CT molecular complexity index is 471. The molecule has 0 saturated heterocycles. The van der Waals surface area contributed by atoms with E-state index < -0.39 is 0 Å². The third kappa shape index (κ3) is 7.51. The van der Waals surface area contributed by atoms with Crippen molar-refractivity contribution in [2.24, 2.45) is 0 Å². The van der Waals surface area contributed by atoms with E-state index in [1.807, 2.05) is 12.1 Å². The third-order valence-electron chi connectivity index (χ3n) is 2.96. The number of carbonyl (C=O) groups is 1. The van der Waals surface area contributed by atoms with Crippen LogP contribution in [-0.4, -0.2) is 38.8 Å². The lowest BCUT2D eigenvalue weighted by Gasteiger charge is -2.13. The smallest absolute Gasteiger partial charge is 0.238 e. The summed E-state index contributed by atoms with van der Waals surface area (Å²) in [6.07, 6.45) is 2.35. The van der Waals surface area contributed by atoms with Crippen molar-refractivity contribution in [3.63, 3.8) is 0 Å². The summed E-state index contributed by atoms with van der Waals surface area (Å²) in [4.78, 5) is 11.9. The molecule has 1 aliphatic carbocycles. The molecule has 1 aliphatic rings. The predicted octanol–water partition coefficient (Wildman–Crippen LogP) is 2.93. The Hall–Kier alpha value is -0.720. The number of ether oxygens (including phenoxy) is 1. The fraction of sp³-hybridized carbons (Fsp3) is 0.500. The highest BCUT2D eigenvalue weighted by molar-refractivity contribution is 6.31. The van der Waals surface area contributed by atoms with E-state index in [4.69, 9.17) is 16.3 Å². The van der Waals surface area contributed by atoms with Gasteiger partial charge in [0.15, 0.2) is 0 Å². The van der Waals surface area contributed by atoms with E-state index in [-0.39, 0.29) is 37.3 Å². The summed E-state index contributed by atoms with van der Waals surface area (Å²) in [5.41, 5.74) is 1.64. The van der Waals surface area contributed by atoms with E-state index in [1.54, 1.807) is 13.2 Å². The maximum Gasteiger partial charge on any atom is 0.238 e. The molecule has 3 N–H and O–H groups in total. The molecular formula is C14H22Cl3N3O2. The van der Waals surface area contributed by atoms with Gasteiger partial charge in [-0.3, -0.25) is 4.79 Å². The van der Waals surface area contributed by atoms with Gasteiger partial charge >= 0.3 is 0 Å². The molecule has 1 aromatic carbocycles. The molecule has 0 unspecified atom stereocenters. The highest BCUT2D eigenvalue weighted by atomic mass is 35.5. The highest BCUT2D eigenvalue weighted by Gasteiger charge is 2.22. The normalized spacial score (nSPS) is 12.8. The number of rotatable bonds is 8. The fourth-order valence-corrected chi connectivity index (χ4v) is 1.94. The van der Waals surface area contributed by atoms with Gasteiger partial charge in [-0.05, 0) is 31.0 Å².